The molecule has 1 aromatic carbocycles. The topological polar surface area (TPSA) is 0 Å². The maximum Gasteiger partial charge on any atom is 0.0175 e. The summed E-state index contributed by atoms with van der Waals surface area (Å²) in [6.45, 7) is 0. The molecule has 0 atom stereocenters. The van der Waals surface area contributed by atoms with E-state index >= 15 is 0 Å². The van der Waals surface area contributed by atoms with Gasteiger partial charge in [-0.3, -0.25) is 0 Å². The minimum Gasteiger partial charge on any atom is -0.114 e. The summed E-state index contributed by atoms with van der Waals surface area (Å²) in [5, 5.41) is 0.994. The molecule has 4 heteroatoms. The molecule has 0 saturated carbocycles. The Hall–Kier alpha value is 1.09. The Labute approximate surface area is 92.7 Å². The van der Waals surface area contributed by atoms with E-state index in [0.29, 0.717) is 0 Å². The number of benzene rings is 1. The molecule has 10 heavy (non-hydrogen) atoms. The fourth-order valence-electron chi connectivity index (χ4n) is 0.441. The van der Waals surface area contributed by atoms with Gasteiger partial charge in [-0.25, -0.2) is 0 Å². The van der Waals surface area contributed by atoms with Gasteiger partial charge in [0, 0.05) is 4.47 Å². The third kappa shape index (κ3) is 4.84. The van der Waals surface area contributed by atoms with E-state index in [1.54, 1.807) is 0 Å². The van der Waals surface area contributed by atoms with Gasteiger partial charge in [0.15, 0.2) is 0 Å². The maximum atomic E-state index is 4.11. The summed E-state index contributed by atoms with van der Waals surface area (Å²) in [5.74, 6) is 0. The summed E-state index contributed by atoms with van der Waals surface area (Å²) in [5.41, 5.74) is 0. The number of hydrogen-bond acceptors (Lipinski definition) is 0. The van der Waals surface area contributed by atoms with Gasteiger partial charge in [0.2, 0.25) is 0 Å². The highest BCUT2D eigenvalue weighted by Gasteiger charge is 1.82. The quantitative estimate of drug-likeness (QED) is 0.628. The van der Waals surface area contributed by atoms with Gasteiger partial charge < -0.3 is 0 Å². The van der Waals surface area contributed by atoms with Crippen LogP contribution in [0.1, 0.15) is 0 Å². The predicted molar refractivity (Wildman–Crippen MR) is 61.3 cm³/mol. The first kappa shape index (κ1) is 13.7. The lowest BCUT2D eigenvalue weighted by atomic mass is 10.4. The van der Waals surface area contributed by atoms with E-state index in [-0.39, 0.29) is 34.0 Å². The van der Waals surface area contributed by atoms with Crippen LogP contribution in [0.4, 0.5) is 0 Å². The van der Waals surface area contributed by atoms with Gasteiger partial charge >= 0.3 is 0 Å². The van der Waals surface area contributed by atoms with Gasteiger partial charge in [0.05, 0.1) is 0 Å². The van der Waals surface area contributed by atoms with Crippen LogP contribution in [0.5, 0.6) is 0 Å². The molecule has 2 radical (unpaired) electrons. The molecule has 0 aliphatic rings. The Morgan fingerprint density at radius 3 is 1.70 bits per heavy atom. The van der Waals surface area contributed by atoms with E-state index in [1.807, 2.05) is 24.3 Å². The Morgan fingerprint density at radius 1 is 1.00 bits per heavy atom. The molecule has 0 nitrogen and oxygen atoms in total. The second-order valence-corrected chi connectivity index (χ2v) is 2.91. The van der Waals surface area contributed by atoms with Crippen molar-refractivity contribution in [3.05, 3.63) is 28.7 Å². The van der Waals surface area contributed by atoms with E-state index in [0.717, 1.165) is 9.78 Å². The average molecular weight is 349 g/mol. The third-order valence-corrected chi connectivity index (χ3v) is 1.65. The zero-order valence-corrected chi connectivity index (χ0v) is 10.9. The highest BCUT2D eigenvalue weighted by atomic mass is 79.9. The highest BCUT2D eigenvalue weighted by Crippen LogP contribution is 2.05. The molecular weight excluding hydrogens is 343 g/mol. The SMILES string of the molecule is Br.Br.[P]c1ccc(Br)cc1. The number of hydrogen-bond donors (Lipinski definition) is 0. The first-order valence-electron chi connectivity index (χ1n) is 2.23. The van der Waals surface area contributed by atoms with Crippen LogP contribution in [0.15, 0.2) is 28.7 Å². The molecule has 0 heterocycles. The number of halogens is 3. The van der Waals surface area contributed by atoms with Crippen molar-refractivity contribution in [1.29, 1.82) is 0 Å². The van der Waals surface area contributed by atoms with Crippen molar-refractivity contribution >= 4 is 64.4 Å². The lowest BCUT2D eigenvalue weighted by molar-refractivity contribution is 1.70. The van der Waals surface area contributed by atoms with Crippen molar-refractivity contribution in [3.63, 3.8) is 0 Å². The first-order valence-corrected chi connectivity index (χ1v) is 3.47. The Balaban J connectivity index is 0. The predicted octanol–water partition coefficient (Wildman–Crippen LogP) is 3.64. The molecule has 56 valence electrons. The van der Waals surface area contributed by atoms with Gasteiger partial charge in [0.25, 0.3) is 0 Å². The fraction of sp³-hybridized carbons (Fsp3) is 0. The summed E-state index contributed by atoms with van der Waals surface area (Å²) in [6.07, 6.45) is 0. The van der Waals surface area contributed by atoms with E-state index in [9.17, 15) is 0 Å². The molecule has 0 fully saturated rings. The average Bonchev–Trinajstić information content (AvgIpc) is 1.77. The maximum absolute atomic E-state index is 4.11. The second kappa shape index (κ2) is 6.78. The molecule has 0 aliphatic carbocycles. The molecule has 1 rings (SSSR count). The van der Waals surface area contributed by atoms with E-state index in [1.165, 1.54) is 0 Å². The van der Waals surface area contributed by atoms with Gasteiger partial charge in [-0.2, -0.15) is 0 Å². The number of rotatable bonds is 0. The molecular formula is C6H6Br3P. The van der Waals surface area contributed by atoms with Crippen LogP contribution in [0.2, 0.25) is 0 Å². The normalized spacial score (nSPS) is 7.40. The minimum atomic E-state index is 0. The van der Waals surface area contributed by atoms with Crippen molar-refractivity contribution in [1.82, 2.24) is 0 Å². The first-order chi connectivity index (χ1) is 3.79. The Bertz CT molecular complexity index is 152. The largest absolute Gasteiger partial charge is 0.114 e. The van der Waals surface area contributed by atoms with Crippen molar-refractivity contribution in [2.75, 3.05) is 0 Å². The molecule has 0 aromatic heterocycles. The summed E-state index contributed by atoms with van der Waals surface area (Å²) in [6, 6.07) is 7.80. The molecule has 0 amide bonds. The summed E-state index contributed by atoms with van der Waals surface area (Å²) in [4.78, 5) is 0. The van der Waals surface area contributed by atoms with E-state index < -0.39 is 0 Å². The summed E-state index contributed by atoms with van der Waals surface area (Å²) in [7, 11) is 4.11. The smallest absolute Gasteiger partial charge is 0.0175 e. The van der Waals surface area contributed by atoms with Crippen LogP contribution < -0.4 is 5.30 Å². The standard InChI is InChI=1S/C6H4BrP.2BrH/c7-5-1-3-6(8)4-2-5;;/h1-4H;2*1H. The van der Waals surface area contributed by atoms with Gasteiger partial charge in [0.1, 0.15) is 0 Å². The highest BCUT2D eigenvalue weighted by molar-refractivity contribution is 9.10. The monoisotopic (exact) mass is 346 g/mol. The third-order valence-electron chi connectivity index (χ3n) is 0.827. The molecule has 0 N–H and O–H groups in total. The van der Waals surface area contributed by atoms with E-state index in [4.69, 9.17) is 0 Å². The molecule has 0 bridgehead atoms. The lowest BCUT2D eigenvalue weighted by Crippen LogP contribution is -1.84. The van der Waals surface area contributed by atoms with Gasteiger partial charge in [-0.05, 0) is 26.7 Å². The van der Waals surface area contributed by atoms with Crippen molar-refractivity contribution in [3.8, 4) is 0 Å². The van der Waals surface area contributed by atoms with Crippen LogP contribution in [0, 0.1) is 0 Å². The summed E-state index contributed by atoms with van der Waals surface area (Å²) < 4.78 is 1.09. The van der Waals surface area contributed by atoms with Crippen molar-refractivity contribution in [2.24, 2.45) is 0 Å². The van der Waals surface area contributed by atoms with Gasteiger partial charge in [-0.1, -0.05) is 28.1 Å². The molecule has 0 aliphatic heterocycles. The molecule has 0 saturated heterocycles. The van der Waals surface area contributed by atoms with Crippen molar-refractivity contribution in [2.45, 2.75) is 0 Å². The molecule has 0 unspecified atom stereocenters. The van der Waals surface area contributed by atoms with Crippen molar-refractivity contribution < 1.29 is 0 Å². The molecule has 1 aromatic rings. The molecule has 0 spiro atoms. The van der Waals surface area contributed by atoms with Crippen LogP contribution in [-0.4, -0.2) is 0 Å². The van der Waals surface area contributed by atoms with Crippen LogP contribution in [-0.2, 0) is 0 Å². The zero-order valence-electron chi connectivity index (χ0n) is 4.95. The fourth-order valence-corrected chi connectivity index (χ4v) is 0.854. The zero-order chi connectivity index (χ0) is 5.98. The van der Waals surface area contributed by atoms with Crippen LogP contribution >= 0.6 is 59.1 Å². The lowest BCUT2D eigenvalue weighted by Gasteiger charge is -1.87. The van der Waals surface area contributed by atoms with Crippen LogP contribution in [0.3, 0.4) is 0 Å². The van der Waals surface area contributed by atoms with Gasteiger partial charge in [-0.15, -0.1) is 34.0 Å². The Morgan fingerprint density at radius 2 is 1.40 bits per heavy atom. The summed E-state index contributed by atoms with van der Waals surface area (Å²) >= 11 is 3.31. The van der Waals surface area contributed by atoms with E-state index in [2.05, 4.69) is 25.2 Å². The minimum absolute atomic E-state index is 0. The second-order valence-electron chi connectivity index (χ2n) is 1.48. The Kier molecular flexibility index (Phi) is 9.26. The van der Waals surface area contributed by atoms with Crippen LogP contribution in [0.25, 0.3) is 0 Å².